The van der Waals surface area contributed by atoms with E-state index in [2.05, 4.69) is 187 Å². The van der Waals surface area contributed by atoms with Gasteiger partial charge in [-0.15, -0.1) is 0 Å². The Bertz CT molecular complexity index is 4290. The van der Waals surface area contributed by atoms with E-state index in [1.54, 1.807) is 0 Å². The average molecular weight is 883 g/mol. The van der Waals surface area contributed by atoms with Crippen molar-refractivity contribution in [3.63, 3.8) is 0 Å². The van der Waals surface area contributed by atoms with E-state index in [1.807, 2.05) is 48.5 Å². The molecule has 0 aliphatic heterocycles. The highest BCUT2D eigenvalue weighted by molar-refractivity contribution is 6.17. The van der Waals surface area contributed by atoms with Crippen LogP contribution in [0.5, 0.6) is 0 Å². The number of hydrogen-bond donors (Lipinski definition) is 0. The lowest BCUT2D eigenvalue weighted by Gasteiger charge is -2.11. The molecule has 0 atom stereocenters. The molecule has 6 nitrogen and oxygen atoms in total. The van der Waals surface area contributed by atoms with Crippen LogP contribution in [-0.4, -0.2) is 19.5 Å². The van der Waals surface area contributed by atoms with Gasteiger partial charge in [0.25, 0.3) is 0 Å². The van der Waals surface area contributed by atoms with Gasteiger partial charge in [0.1, 0.15) is 22.3 Å². The molecule has 0 aliphatic rings. The van der Waals surface area contributed by atoms with Crippen LogP contribution < -0.4 is 0 Å². The Morgan fingerprint density at radius 2 is 0.783 bits per heavy atom. The van der Waals surface area contributed by atoms with Crippen molar-refractivity contribution < 1.29 is 8.83 Å². The van der Waals surface area contributed by atoms with E-state index in [0.29, 0.717) is 17.5 Å². The first-order valence-corrected chi connectivity index (χ1v) is 23.2. The van der Waals surface area contributed by atoms with Gasteiger partial charge in [-0.2, -0.15) is 0 Å². The van der Waals surface area contributed by atoms with Crippen molar-refractivity contribution in [1.29, 1.82) is 0 Å². The molecule has 14 aromatic rings. The van der Waals surface area contributed by atoms with E-state index in [4.69, 9.17) is 23.8 Å². The second kappa shape index (κ2) is 15.6. The van der Waals surface area contributed by atoms with Gasteiger partial charge in [-0.25, -0.2) is 15.0 Å². The van der Waals surface area contributed by atoms with E-state index in [9.17, 15) is 0 Å². The fourth-order valence-electron chi connectivity index (χ4n) is 10.2. The van der Waals surface area contributed by atoms with Crippen molar-refractivity contribution in [3.05, 3.63) is 231 Å². The van der Waals surface area contributed by atoms with E-state index >= 15 is 0 Å². The predicted molar refractivity (Wildman–Crippen MR) is 281 cm³/mol. The summed E-state index contributed by atoms with van der Waals surface area (Å²) in [5.41, 5.74) is 15.8. The van der Waals surface area contributed by atoms with Crippen LogP contribution in [0.25, 0.3) is 139 Å². The molecule has 0 saturated carbocycles. The van der Waals surface area contributed by atoms with Crippen molar-refractivity contribution in [1.82, 2.24) is 19.5 Å². The zero-order valence-electron chi connectivity index (χ0n) is 37.0. The molecule has 14 rings (SSSR count). The molecule has 0 bridgehead atoms. The van der Waals surface area contributed by atoms with Crippen molar-refractivity contribution in [2.24, 2.45) is 0 Å². The Kier molecular flexibility index (Phi) is 8.79. The molecule has 0 radical (unpaired) electrons. The molecule has 6 heteroatoms. The summed E-state index contributed by atoms with van der Waals surface area (Å²) in [6, 6.07) is 80.3. The number of aromatic nitrogens is 4. The van der Waals surface area contributed by atoms with Gasteiger partial charge in [-0.1, -0.05) is 170 Å². The van der Waals surface area contributed by atoms with Crippen molar-refractivity contribution >= 4 is 65.7 Å². The maximum absolute atomic E-state index is 6.85. The fourth-order valence-corrected chi connectivity index (χ4v) is 10.2. The summed E-state index contributed by atoms with van der Waals surface area (Å²) >= 11 is 0. The number of para-hydroxylation sites is 2. The molecule has 0 unspecified atom stereocenters. The minimum absolute atomic E-state index is 0.547. The van der Waals surface area contributed by atoms with Crippen molar-refractivity contribution in [2.45, 2.75) is 0 Å². The lowest BCUT2D eigenvalue weighted by Crippen LogP contribution is -2.00. The van der Waals surface area contributed by atoms with Crippen LogP contribution in [0.2, 0.25) is 0 Å². The van der Waals surface area contributed by atoms with Crippen LogP contribution in [0.1, 0.15) is 0 Å². The van der Waals surface area contributed by atoms with Gasteiger partial charge >= 0.3 is 0 Å². The van der Waals surface area contributed by atoms with Crippen LogP contribution in [0.3, 0.4) is 0 Å². The standard InChI is InChI=1S/C63H38N4O2/c1-4-15-39(16-5-1)41-27-29-43(30-28-41)62-64-61(42-19-8-3-9-20-42)65-63(66-62)46-36-50(59-48-22-11-13-25-55(48)68-58(59)38-46)45-31-33-49-57(37-45)69-56-26-14-24-54(60(49)56)67-52-23-12-10-21-47(52)51-35-44(32-34-53(51)67)40-17-6-2-7-18-40/h1-38H. The lowest BCUT2D eigenvalue weighted by atomic mass is 9.95. The smallest absolute Gasteiger partial charge is 0.164 e. The molecule has 0 fully saturated rings. The van der Waals surface area contributed by atoms with E-state index in [-0.39, 0.29) is 0 Å². The quantitative estimate of drug-likeness (QED) is 0.159. The monoisotopic (exact) mass is 882 g/mol. The van der Waals surface area contributed by atoms with Crippen LogP contribution in [0, 0.1) is 0 Å². The second-order valence-corrected chi connectivity index (χ2v) is 17.5. The summed E-state index contributed by atoms with van der Waals surface area (Å²) in [6.45, 7) is 0. The van der Waals surface area contributed by atoms with Gasteiger partial charge in [-0.3, -0.25) is 0 Å². The third-order valence-corrected chi connectivity index (χ3v) is 13.5. The van der Waals surface area contributed by atoms with E-state index in [0.717, 1.165) is 99.5 Å². The van der Waals surface area contributed by atoms with Crippen molar-refractivity contribution in [2.75, 3.05) is 0 Å². The van der Waals surface area contributed by atoms with Gasteiger partial charge in [0.2, 0.25) is 0 Å². The van der Waals surface area contributed by atoms with Gasteiger partial charge in [0, 0.05) is 43.6 Å². The Morgan fingerprint density at radius 3 is 1.54 bits per heavy atom. The summed E-state index contributed by atoms with van der Waals surface area (Å²) in [6.07, 6.45) is 0. The van der Waals surface area contributed by atoms with Gasteiger partial charge in [0.05, 0.1) is 22.1 Å². The largest absolute Gasteiger partial charge is 0.456 e. The predicted octanol–water partition coefficient (Wildman–Crippen LogP) is 16.8. The normalized spacial score (nSPS) is 11.8. The molecule has 0 N–H and O–H groups in total. The third-order valence-electron chi connectivity index (χ3n) is 13.5. The summed E-state index contributed by atoms with van der Waals surface area (Å²) in [5, 5.41) is 6.55. The molecule has 322 valence electrons. The molecule has 0 amide bonds. The topological polar surface area (TPSA) is 69.9 Å². The second-order valence-electron chi connectivity index (χ2n) is 17.5. The van der Waals surface area contributed by atoms with Crippen LogP contribution >= 0.6 is 0 Å². The number of rotatable bonds is 7. The number of fused-ring (bicyclic) bond motifs is 9. The van der Waals surface area contributed by atoms with Crippen LogP contribution in [0.4, 0.5) is 0 Å². The first-order chi connectivity index (χ1) is 34.2. The number of benzene rings is 10. The SMILES string of the molecule is c1ccc(-c2ccc(-c3nc(-c4ccccc4)nc(-c4cc(-c5ccc6c(c5)oc5cccc(-n7c8ccccc8c8cc(-c9ccccc9)ccc87)c56)c5c(c4)oc4ccccc45)n3)cc2)cc1. The highest BCUT2D eigenvalue weighted by Crippen LogP contribution is 2.44. The summed E-state index contributed by atoms with van der Waals surface area (Å²) in [5.74, 6) is 1.73. The lowest BCUT2D eigenvalue weighted by molar-refractivity contribution is 0.668. The molecule has 0 aliphatic carbocycles. The van der Waals surface area contributed by atoms with E-state index in [1.165, 1.54) is 21.9 Å². The summed E-state index contributed by atoms with van der Waals surface area (Å²) < 4.78 is 15.9. The Labute approximate surface area is 396 Å². The molecule has 10 aromatic carbocycles. The molecule has 0 saturated heterocycles. The number of hydrogen-bond acceptors (Lipinski definition) is 5. The minimum Gasteiger partial charge on any atom is -0.456 e. The Balaban J connectivity index is 0.940. The summed E-state index contributed by atoms with van der Waals surface area (Å²) in [7, 11) is 0. The Morgan fingerprint density at radius 1 is 0.275 bits per heavy atom. The maximum atomic E-state index is 6.85. The zero-order chi connectivity index (χ0) is 45.4. The highest BCUT2D eigenvalue weighted by atomic mass is 16.3. The van der Waals surface area contributed by atoms with E-state index < -0.39 is 0 Å². The minimum atomic E-state index is 0.547. The molecule has 0 spiro atoms. The molecule has 4 heterocycles. The number of nitrogens with zero attached hydrogens (tertiary/aromatic N) is 4. The van der Waals surface area contributed by atoms with Crippen LogP contribution in [-0.2, 0) is 0 Å². The Hall–Kier alpha value is -9.39. The van der Waals surface area contributed by atoms with Gasteiger partial charge in [0.15, 0.2) is 17.5 Å². The first kappa shape index (κ1) is 38.8. The highest BCUT2D eigenvalue weighted by Gasteiger charge is 2.22. The van der Waals surface area contributed by atoms with Crippen molar-refractivity contribution in [3.8, 4) is 73.2 Å². The average Bonchev–Trinajstić information content (AvgIpc) is 4.10. The molecular formula is C63H38N4O2. The third kappa shape index (κ3) is 6.45. The van der Waals surface area contributed by atoms with Crippen LogP contribution in [0.15, 0.2) is 239 Å². The van der Waals surface area contributed by atoms with Gasteiger partial charge in [-0.05, 0) is 94.0 Å². The van der Waals surface area contributed by atoms with Gasteiger partial charge < -0.3 is 13.4 Å². The molecular weight excluding hydrogens is 845 g/mol. The zero-order valence-corrected chi connectivity index (χ0v) is 37.0. The first-order valence-electron chi connectivity index (χ1n) is 23.2. The summed E-state index contributed by atoms with van der Waals surface area (Å²) in [4.78, 5) is 15.4. The molecule has 4 aromatic heterocycles. The maximum Gasteiger partial charge on any atom is 0.164 e. The number of furan rings is 2. The fraction of sp³-hybridized carbons (Fsp3) is 0. The molecule has 69 heavy (non-hydrogen) atoms.